The fraction of sp³-hybridized carbons (Fsp3) is 0.600. The predicted octanol–water partition coefficient (Wildman–Crippen LogP) is 0.906. The molecule has 0 saturated heterocycles. The molecule has 7 nitrogen and oxygen atoms in total. The topological polar surface area (TPSA) is 96.0 Å². The first-order valence-electron chi connectivity index (χ1n) is 5.12. The Morgan fingerprint density at radius 1 is 1.59 bits per heavy atom. The van der Waals surface area contributed by atoms with E-state index in [2.05, 4.69) is 5.16 Å². The summed E-state index contributed by atoms with van der Waals surface area (Å²) >= 11 is 0. The lowest BCUT2D eigenvalue weighted by Gasteiger charge is -2.11. The van der Waals surface area contributed by atoms with Gasteiger partial charge in [0.15, 0.2) is 5.71 Å². The number of carbonyl (C=O) groups is 1. The molecule has 17 heavy (non-hydrogen) atoms. The first-order valence-corrected chi connectivity index (χ1v) is 5.12. The van der Waals surface area contributed by atoms with Gasteiger partial charge in [-0.15, -0.1) is 0 Å². The summed E-state index contributed by atoms with van der Waals surface area (Å²) in [4.78, 5) is 23.0. The molecule has 0 saturated carbocycles. The molecule has 0 radical (unpaired) electrons. The van der Waals surface area contributed by atoms with Crippen molar-refractivity contribution in [3.05, 3.63) is 21.8 Å². The largest absolute Gasteiger partial charge is 0.410 e. The van der Waals surface area contributed by atoms with Gasteiger partial charge in [-0.2, -0.15) is 0 Å². The molecule has 0 aliphatic carbocycles. The number of rotatable bonds is 5. The smallest absolute Gasteiger partial charge is 0.275 e. The highest BCUT2D eigenvalue weighted by atomic mass is 16.6. The van der Waals surface area contributed by atoms with Crippen LogP contribution in [0.2, 0.25) is 0 Å². The van der Waals surface area contributed by atoms with Crippen molar-refractivity contribution in [3.8, 4) is 0 Å². The maximum absolute atomic E-state index is 11.5. The third kappa shape index (κ3) is 4.21. The van der Waals surface area contributed by atoms with Gasteiger partial charge in [-0.25, -0.2) is 0 Å². The zero-order valence-electron chi connectivity index (χ0n) is 10.4. The van der Waals surface area contributed by atoms with Crippen LogP contribution in [0, 0.1) is 10.1 Å². The summed E-state index contributed by atoms with van der Waals surface area (Å²) in [6, 6.07) is -0.910. The zero-order valence-corrected chi connectivity index (χ0v) is 10.4. The molecular weight excluding hydrogens is 226 g/mol. The van der Waals surface area contributed by atoms with Crippen molar-refractivity contribution < 1.29 is 14.9 Å². The van der Waals surface area contributed by atoms with Gasteiger partial charge in [0, 0.05) is 31.5 Å². The molecule has 0 spiro atoms. The van der Waals surface area contributed by atoms with Gasteiger partial charge in [-0.05, 0) is 12.5 Å². The van der Waals surface area contributed by atoms with Crippen LogP contribution in [0.5, 0.6) is 0 Å². The average molecular weight is 243 g/mol. The van der Waals surface area contributed by atoms with E-state index in [1.807, 2.05) is 0 Å². The van der Waals surface area contributed by atoms with Crippen molar-refractivity contribution in [2.24, 2.45) is 5.16 Å². The Morgan fingerprint density at radius 2 is 2.12 bits per heavy atom. The van der Waals surface area contributed by atoms with Crippen LogP contribution < -0.4 is 0 Å². The van der Waals surface area contributed by atoms with E-state index in [-0.39, 0.29) is 5.71 Å². The Labute approximate surface area is 99.6 Å². The Morgan fingerprint density at radius 3 is 2.41 bits per heavy atom. The van der Waals surface area contributed by atoms with Crippen molar-refractivity contribution in [2.45, 2.75) is 26.3 Å². The second kappa shape index (κ2) is 6.62. The van der Waals surface area contributed by atoms with Gasteiger partial charge in [0.1, 0.15) is 0 Å². The fourth-order valence-electron chi connectivity index (χ4n) is 1.19. The second-order valence-corrected chi connectivity index (χ2v) is 3.72. The monoisotopic (exact) mass is 243 g/mol. The lowest BCUT2D eigenvalue weighted by molar-refractivity contribution is -0.507. The van der Waals surface area contributed by atoms with Crippen LogP contribution in [0.4, 0.5) is 0 Å². The molecule has 1 unspecified atom stereocenters. The highest BCUT2D eigenvalue weighted by molar-refractivity contribution is 6.43. The quantitative estimate of drug-likeness (QED) is 0.336. The van der Waals surface area contributed by atoms with Gasteiger partial charge in [0.05, 0.1) is 0 Å². The first-order chi connectivity index (χ1) is 7.84. The van der Waals surface area contributed by atoms with Gasteiger partial charge >= 0.3 is 0 Å². The number of hydrogen-bond acceptors (Lipinski definition) is 5. The van der Waals surface area contributed by atoms with E-state index in [9.17, 15) is 14.9 Å². The van der Waals surface area contributed by atoms with Crippen molar-refractivity contribution in [2.75, 3.05) is 14.1 Å². The summed E-state index contributed by atoms with van der Waals surface area (Å²) in [5, 5.41) is 22.2. The molecule has 1 N–H and O–H groups in total. The SMILES string of the molecule is CC/C(=C\C(=N/O)C(=O)N(C)C)C(C)[N+](=O)[O-]. The number of amides is 1. The zero-order chi connectivity index (χ0) is 13.6. The maximum atomic E-state index is 11.5. The minimum atomic E-state index is -0.910. The second-order valence-electron chi connectivity index (χ2n) is 3.72. The van der Waals surface area contributed by atoms with Crippen molar-refractivity contribution >= 4 is 11.6 Å². The van der Waals surface area contributed by atoms with E-state index in [0.717, 1.165) is 0 Å². The summed E-state index contributed by atoms with van der Waals surface area (Å²) in [5.41, 5.74) is 0.221. The Hall–Kier alpha value is -1.92. The van der Waals surface area contributed by atoms with Gasteiger partial charge in [0.2, 0.25) is 6.04 Å². The minimum Gasteiger partial charge on any atom is -0.410 e. The molecule has 1 atom stereocenters. The molecule has 0 aromatic rings. The van der Waals surface area contributed by atoms with Crippen LogP contribution in [0.15, 0.2) is 16.8 Å². The summed E-state index contributed by atoms with van der Waals surface area (Å²) in [7, 11) is 3.01. The normalized spacial score (nSPS) is 14.4. The average Bonchev–Trinajstić information content (AvgIpc) is 2.28. The molecule has 0 fully saturated rings. The van der Waals surface area contributed by atoms with E-state index in [1.54, 1.807) is 6.92 Å². The van der Waals surface area contributed by atoms with Crippen LogP contribution >= 0.6 is 0 Å². The maximum Gasteiger partial charge on any atom is 0.275 e. The third-order valence-corrected chi connectivity index (χ3v) is 2.32. The van der Waals surface area contributed by atoms with Crippen LogP contribution in [0.1, 0.15) is 20.3 Å². The highest BCUT2D eigenvalue weighted by Crippen LogP contribution is 2.10. The summed E-state index contributed by atoms with van der Waals surface area (Å²) in [5.74, 6) is -0.506. The number of nitrogens with zero attached hydrogens (tertiary/aromatic N) is 3. The molecule has 0 aliphatic rings. The first kappa shape index (κ1) is 15.1. The molecule has 0 aromatic carbocycles. The Bertz CT molecular complexity index is 361. The molecule has 0 heterocycles. The number of oxime groups is 1. The van der Waals surface area contributed by atoms with E-state index in [4.69, 9.17) is 5.21 Å². The molecule has 0 aromatic heterocycles. The number of hydrogen-bond donors (Lipinski definition) is 1. The van der Waals surface area contributed by atoms with Crippen LogP contribution in [0.25, 0.3) is 0 Å². The molecule has 96 valence electrons. The van der Waals surface area contributed by atoms with Crippen molar-refractivity contribution in [1.82, 2.24) is 4.90 Å². The molecule has 0 rings (SSSR count). The lowest BCUT2D eigenvalue weighted by atomic mass is 10.0. The summed E-state index contributed by atoms with van der Waals surface area (Å²) in [6.07, 6.45) is 1.66. The molecular formula is C10H17N3O4. The van der Waals surface area contributed by atoms with Crippen molar-refractivity contribution in [3.63, 3.8) is 0 Å². The molecule has 1 amide bonds. The van der Waals surface area contributed by atoms with Gasteiger partial charge in [0.25, 0.3) is 5.91 Å². The van der Waals surface area contributed by atoms with Crippen molar-refractivity contribution in [1.29, 1.82) is 0 Å². The van der Waals surface area contributed by atoms with Crippen LogP contribution in [-0.2, 0) is 4.79 Å². The standard InChI is InChI=1S/C10H17N3O4/c1-5-8(7(2)13(16)17)6-9(11-15)10(14)12(3)4/h6-7,15H,5H2,1-4H3/b8-6+,11-9+. The van der Waals surface area contributed by atoms with E-state index < -0.39 is 16.9 Å². The fourth-order valence-corrected chi connectivity index (χ4v) is 1.19. The Kier molecular flexibility index (Phi) is 5.87. The van der Waals surface area contributed by atoms with Crippen LogP contribution in [-0.4, -0.2) is 46.8 Å². The van der Waals surface area contributed by atoms with E-state index >= 15 is 0 Å². The van der Waals surface area contributed by atoms with Crippen LogP contribution in [0.3, 0.4) is 0 Å². The lowest BCUT2D eigenvalue weighted by Crippen LogP contribution is -2.30. The van der Waals surface area contributed by atoms with E-state index in [0.29, 0.717) is 12.0 Å². The number of nitro groups is 1. The summed E-state index contributed by atoms with van der Waals surface area (Å²) in [6.45, 7) is 3.16. The summed E-state index contributed by atoms with van der Waals surface area (Å²) < 4.78 is 0. The third-order valence-electron chi connectivity index (χ3n) is 2.32. The van der Waals surface area contributed by atoms with E-state index in [1.165, 1.54) is 32.0 Å². The van der Waals surface area contributed by atoms with Gasteiger partial charge < -0.3 is 10.1 Å². The highest BCUT2D eigenvalue weighted by Gasteiger charge is 2.21. The minimum absolute atomic E-state index is 0.208. The Balaban J connectivity index is 5.18. The molecule has 0 bridgehead atoms. The molecule has 0 aliphatic heterocycles. The predicted molar refractivity (Wildman–Crippen MR) is 62.7 cm³/mol. The molecule has 7 heteroatoms. The van der Waals surface area contributed by atoms with Gasteiger partial charge in [-0.1, -0.05) is 12.1 Å². The number of carbonyl (C=O) groups excluding carboxylic acids is 1. The van der Waals surface area contributed by atoms with Gasteiger partial charge in [-0.3, -0.25) is 14.9 Å².